The van der Waals surface area contributed by atoms with Crippen molar-refractivity contribution < 1.29 is 23.9 Å². The number of ether oxygens (including phenoxy) is 2. The lowest BCUT2D eigenvalue weighted by Gasteiger charge is -2.26. The van der Waals surface area contributed by atoms with Gasteiger partial charge in [0.05, 0.1) is 0 Å². The summed E-state index contributed by atoms with van der Waals surface area (Å²) in [5, 5.41) is 5.53. The van der Waals surface area contributed by atoms with Gasteiger partial charge in [-0.3, -0.25) is 14.5 Å². The third-order valence-electron chi connectivity index (χ3n) is 5.19. The van der Waals surface area contributed by atoms with Crippen LogP contribution in [-0.2, 0) is 15.1 Å². The van der Waals surface area contributed by atoms with E-state index in [1.165, 1.54) is 0 Å². The Kier molecular flexibility index (Phi) is 5.31. The molecule has 2 heterocycles. The van der Waals surface area contributed by atoms with Gasteiger partial charge in [-0.15, -0.1) is 0 Å². The third-order valence-corrected chi connectivity index (χ3v) is 5.19. The van der Waals surface area contributed by atoms with Crippen molar-refractivity contribution >= 4 is 23.5 Å². The molecule has 156 valence electrons. The van der Waals surface area contributed by atoms with Crippen LogP contribution in [0.5, 0.6) is 11.5 Å². The highest BCUT2D eigenvalue weighted by molar-refractivity contribution is 6.10. The van der Waals surface area contributed by atoms with Gasteiger partial charge in [0.1, 0.15) is 25.3 Å². The van der Waals surface area contributed by atoms with Crippen LogP contribution in [0.25, 0.3) is 0 Å². The lowest BCUT2D eigenvalue weighted by atomic mass is 9.85. The SMILES string of the molecule is CCC[C@@]1(c2ccccc2)NC(=O)N(CC(=O)Nc2ccc3c(c2)OCCO3)C1=O. The van der Waals surface area contributed by atoms with Crippen LogP contribution in [0, 0.1) is 0 Å². The number of imide groups is 1. The highest BCUT2D eigenvalue weighted by Gasteiger charge is 2.52. The van der Waals surface area contributed by atoms with E-state index in [2.05, 4.69) is 10.6 Å². The van der Waals surface area contributed by atoms with Crippen LogP contribution in [-0.4, -0.2) is 42.5 Å². The van der Waals surface area contributed by atoms with Gasteiger partial charge in [-0.05, 0) is 24.1 Å². The van der Waals surface area contributed by atoms with Crippen molar-refractivity contribution in [2.24, 2.45) is 0 Å². The van der Waals surface area contributed by atoms with Crippen LogP contribution in [0.3, 0.4) is 0 Å². The zero-order valence-corrected chi connectivity index (χ0v) is 16.6. The van der Waals surface area contributed by atoms with Gasteiger partial charge < -0.3 is 20.1 Å². The normalized spacial score (nSPS) is 20.1. The van der Waals surface area contributed by atoms with E-state index in [0.29, 0.717) is 48.8 Å². The van der Waals surface area contributed by atoms with Gasteiger partial charge in [0.2, 0.25) is 5.91 Å². The maximum atomic E-state index is 13.2. The second-order valence-corrected chi connectivity index (χ2v) is 7.25. The molecule has 0 saturated carbocycles. The Morgan fingerprint density at radius 3 is 2.57 bits per heavy atom. The first-order valence-electron chi connectivity index (χ1n) is 9.92. The molecule has 1 atom stereocenters. The molecule has 4 amide bonds. The van der Waals surface area contributed by atoms with Crippen LogP contribution < -0.4 is 20.1 Å². The Bertz CT molecular complexity index is 978. The van der Waals surface area contributed by atoms with E-state index in [4.69, 9.17) is 9.47 Å². The minimum absolute atomic E-state index is 0.378. The van der Waals surface area contributed by atoms with Gasteiger partial charge in [0, 0.05) is 11.8 Å². The molecule has 8 nitrogen and oxygen atoms in total. The molecule has 2 N–H and O–H groups in total. The van der Waals surface area contributed by atoms with Crippen molar-refractivity contribution in [3.05, 3.63) is 54.1 Å². The number of anilines is 1. The summed E-state index contributed by atoms with van der Waals surface area (Å²) in [5.41, 5.74) is 0.0591. The number of urea groups is 1. The number of benzene rings is 2. The highest BCUT2D eigenvalue weighted by Crippen LogP contribution is 2.34. The number of carbonyl (C=O) groups is 3. The molecular weight excluding hydrogens is 386 g/mol. The average Bonchev–Trinajstić information content (AvgIpc) is 2.99. The Hall–Kier alpha value is -3.55. The van der Waals surface area contributed by atoms with Crippen LogP contribution in [0.2, 0.25) is 0 Å². The molecule has 0 bridgehead atoms. The molecule has 2 aromatic rings. The van der Waals surface area contributed by atoms with Crippen molar-refractivity contribution in [3.63, 3.8) is 0 Å². The first-order chi connectivity index (χ1) is 14.5. The summed E-state index contributed by atoms with van der Waals surface area (Å²) in [6.07, 6.45) is 1.14. The number of amides is 4. The molecular formula is C22H23N3O5. The molecule has 0 aliphatic carbocycles. The average molecular weight is 409 g/mol. The molecule has 2 aliphatic heterocycles. The topological polar surface area (TPSA) is 97.0 Å². The van der Waals surface area contributed by atoms with Gasteiger partial charge in [0.15, 0.2) is 11.5 Å². The molecule has 2 aromatic carbocycles. The molecule has 4 rings (SSSR count). The first kappa shape index (κ1) is 19.8. The van der Waals surface area contributed by atoms with Crippen LogP contribution in [0.15, 0.2) is 48.5 Å². The second-order valence-electron chi connectivity index (χ2n) is 7.25. The lowest BCUT2D eigenvalue weighted by molar-refractivity contribution is -0.134. The molecule has 1 saturated heterocycles. The molecule has 2 aliphatic rings. The predicted octanol–water partition coefficient (Wildman–Crippen LogP) is 2.64. The molecule has 8 heteroatoms. The predicted molar refractivity (Wildman–Crippen MR) is 109 cm³/mol. The highest BCUT2D eigenvalue weighted by atomic mass is 16.6. The van der Waals surface area contributed by atoms with E-state index in [-0.39, 0.29) is 6.54 Å². The number of hydrogen-bond donors (Lipinski definition) is 2. The summed E-state index contributed by atoms with van der Waals surface area (Å²) >= 11 is 0. The summed E-state index contributed by atoms with van der Waals surface area (Å²) in [5.74, 6) is 0.258. The van der Waals surface area contributed by atoms with Gasteiger partial charge >= 0.3 is 6.03 Å². The van der Waals surface area contributed by atoms with E-state index in [1.54, 1.807) is 18.2 Å². The zero-order valence-electron chi connectivity index (χ0n) is 16.6. The molecule has 0 unspecified atom stereocenters. The van der Waals surface area contributed by atoms with Crippen LogP contribution >= 0.6 is 0 Å². The first-order valence-corrected chi connectivity index (χ1v) is 9.92. The van der Waals surface area contributed by atoms with E-state index in [9.17, 15) is 14.4 Å². The fourth-order valence-electron chi connectivity index (χ4n) is 3.84. The molecule has 0 aromatic heterocycles. The van der Waals surface area contributed by atoms with E-state index < -0.39 is 23.4 Å². The molecule has 0 radical (unpaired) electrons. The summed E-state index contributed by atoms with van der Waals surface area (Å²) in [4.78, 5) is 39.4. The smallest absolute Gasteiger partial charge is 0.325 e. The van der Waals surface area contributed by atoms with E-state index >= 15 is 0 Å². The number of fused-ring (bicyclic) bond motifs is 1. The summed E-state index contributed by atoms with van der Waals surface area (Å²) in [7, 11) is 0. The van der Waals surface area contributed by atoms with Crippen molar-refractivity contribution in [1.29, 1.82) is 0 Å². The zero-order chi connectivity index (χ0) is 21.1. The third kappa shape index (κ3) is 3.56. The van der Waals surface area contributed by atoms with Gasteiger partial charge in [-0.25, -0.2) is 4.79 Å². The summed E-state index contributed by atoms with van der Waals surface area (Å²) in [6.45, 7) is 2.48. The standard InChI is InChI=1S/C22H23N3O5/c1-2-10-22(15-6-4-3-5-7-15)20(27)25(21(28)24-22)14-19(26)23-16-8-9-17-18(13-16)30-12-11-29-17/h3-9,13H,2,10-12,14H2,1H3,(H,23,26)(H,24,28)/t22-/m0/s1. The van der Waals surface area contributed by atoms with Crippen LogP contribution in [0.4, 0.5) is 10.5 Å². The number of carbonyl (C=O) groups excluding carboxylic acids is 3. The van der Waals surface area contributed by atoms with E-state index in [1.807, 2.05) is 37.3 Å². The van der Waals surface area contributed by atoms with Crippen molar-refractivity contribution in [3.8, 4) is 11.5 Å². The van der Waals surface area contributed by atoms with Crippen molar-refractivity contribution in [2.75, 3.05) is 25.1 Å². The fraction of sp³-hybridized carbons (Fsp3) is 0.318. The monoisotopic (exact) mass is 409 g/mol. The lowest BCUT2D eigenvalue weighted by Crippen LogP contribution is -2.44. The fourth-order valence-corrected chi connectivity index (χ4v) is 3.84. The molecule has 1 fully saturated rings. The van der Waals surface area contributed by atoms with Crippen molar-refractivity contribution in [2.45, 2.75) is 25.3 Å². The Labute approximate surface area is 174 Å². The minimum atomic E-state index is -1.15. The molecule has 30 heavy (non-hydrogen) atoms. The molecule has 0 spiro atoms. The second kappa shape index (κ2) is 8.06. The maximum Gasteiger partial charge on any atom is 0.325 e. The summed E-state index contributed by atoms with van der Waals surface area (Å²) < 4.78 is 11.0. The number of nitrogens with zero attached hydrogens (tertiary/aromatic N) is 1. The maximum absolute atomic E-state index is 13.2. The van der Waals surface area contributed by atoms with Gasteiger partial charge in [-0.1, -0.05) is 43.7 Å². The van der Waals surface area contributed by atoms with Gasteiger partial charge in [0.25, 0.3) is 5.91 Å². The van der Waals surface area contributed by atoms with Gasteiger partial charge in [-0.2, -0.15) is 0 Å². The number of hydrogen-bond acceptors (Lipinski definition) is 5. The number of nitrogens with one attached hydrogen (secondary N) is 2. The van der Waals surface area contributed by atoms with Crippen molar-refractivity contribution in [1.82, 2.24) is 10.2 Å². The van der Waals surface area contributed by atoms with E-state index in [0.717, 1.165) is 4.90 Å². The Balaban J connectivity index is 1.49. The minimum Gasteiger partial charge on any atom is -0.486 e. The largest absolute Gasteiger partial charge is 0.486 e. The van der Waals surface area contributed by atoms with Crippen LogP contribution in [0.1, 0.15) is 25.3 Å². The summed E-state index contributed by atoms with van der Waals surface area (Å²) in [6, 6.07) is 13.6. The Morgan fingerprint density at radius 2 is 1.83 bits per heavy atom. The Morgan fingerprint density at radius 1 is 1.10 bits per heavy atom. The number of rotatable bonds is 6. The quantitative estimate of drug-likeness (QED) is 0.715.